The number of likely N-dealkylation sites (tertiary alicyclic amines) is 1. The molecule has 1 unspecified atom stereocenters. The number of benzene rings is 2. The lowest BCUT2D eigenvalue weighted by molar-refractivity contribution is -0.138. The van der Waals surface area contributed by atoms with Gasteiger partial charge in [0.2, 0.25) is 0 Å². The average molecular weight is 428 g/mol. The number of hydrogen-bond acceptors (Lipinski definition) is 5. The predicted molar refractivity (Wildman–Crippen MR) is 110 cm³/mol. The molecule has 28 heavy (non-hydrogen) atoms. The van der Waals surface area contributed by atoms with Gasteiger partial charge in [0.25, 0.3) is 0 Å². The van der Waals surface area contributed by atoms with Crippen molar-refractivity contribution in [2.75, 3.05) is 13.1 Å². The van der Waals surface area contributed by atoms with Crippen LogP contribution in [0, 0.1) is 5.92 Å². The second-order valence-corrected chi connectivity index (χ2v) is 6.15. The van der Waals surface area contributed by atoms with Gasteiger partial charge in [0.15, 0.2) is 0 Å². The van der Waals surface area contributed by atoms with Gasteiger partial charge in [0, 0.05) is 6.54 Å². The Kier molecular flexibility index (Phi) is 9.05. The molecule has 1 aliphatic heterocycles. The lowest BCUT2D eigenvalue weighted by Gasteiger charge is -2.20. The first-order valence-corrected chi connectivity index (χ1v) is 8.37. The molecule has 4 N–H and O–H groups in total. The molecule has 7 nitrogen and oxygen atoms in total. The van der Waals surface area contributed by atoms with Crippen LogP contribution in [0.3, 0.4) is 0 Å². The first-order chi connectivity index (χ1) is 12.6. The molecular formula is C19H23Cl2N3O4. The number of para-hydroxylation sites is 1. The number of carbonyl (C=O) groups excluding carboxylic acids is 2. The molecule has 1 saturated heterocycles. The van der Waals surface area contributed by atoms with Crippen molar-refractivity contribution in [3.63, 3.8) is 0 Å². The molecule has 1 aliphatic rings. The maximum atomic E-state index is 12.4. The minimum absolute atomic E-state index is 0. The van der Waals surface area contributed by atoms with Crippen LogP contribution in [-0.2, 0) is 4.79 Å². The quantitative estimate of drug-likeness (QED) is 0.563. The molecular weight excluding hydrogens is 405 g/mol. The standard InChI is InChI=1S/C19H21N3O4.2ClH/c20-11-13-10-17(22(12-13)19(21)24)18(23)26-16-8-6-15(7-9-16)25-14-4-2-1-3-5-14;;/h1-9,13,17H,10-12,20H2,(H2,21,24);2*1H/t13?,17-;;/m0../s1. The number of urea groups is 1. The van der Waals surface area contributed by atoms with E-state index in [9.17, 15) is 9.59 Å². The van der Waals surface area contributed by atoms with E-state index in [1.165, 1.54) is 4.90 Å². The summed E-state index contributed by atoms with van der Waals surface area (Å²) in [5, 5.41) is 0. The summed E-state index contributed by atoms with van der Waals surface area (Å²) in [5.74, 6) is 1.24. The van der Waals surface area contributed by atoms with Crippen molar-refractivity contribution in [1.82, 2.24) is 4.90 Å². The van der Waals surface area contributed by atoms with Crippen LogP contribution in [0.4, 0.5) is 4.79 Å². The lowest BCUT2D eigenvalue weighted by Crippen LogP contribution is -2.45. The van der Waals surface area contributed by atoms with Crippen LogP contribution in [0.15, 0.2) is 54.6 Å². The summed E-state index contributed by atoms with van der Waals surface area (Å²) < 4.78 is 11.1. The number of carbonyl (C=O) groups is 2. The topological polar surface area (TPSA) is 108 Å². The Labute approximate surface area is 175 Å². The number of amides is 2. The number of esters is 1. The Bertz CT molecular complexity index is 775. The van der Waals surface area contributed by atoms with E-state index in [-0.39, 0.29) is 30.7 Å². The number of ether oxygens (including phenoxy) is 2. The second kappa shape index (κ2) is 10.8. The molecule has 2 atom stereocenters. The minimum Gasteiger partial charge on any atom is -0.457 e. The van der Waals surface area contributed by atoms with Crippen molar-refractivity contribution in [1.29, 1.82) is 0 Å². The summed E-state index contributed by atoms with van der Waals surface area (Å²) >= 11 is 0. The van der Waals surface area contributed by atoms with Crippen molar-refractivity contribution in [2.24, 2.45) is 17.4 Å². The summed E-state index contributed by atoms with van der Waals surface area (Å²) in [7, 11) is 0. The number of nitrogens with two attached hydrogens (primary N) is 2. The highest BCUT2D eigenvalue weighted by molar-refractivity contribution is 5.86. The number of rotatable bonds is 5. The van der Waals surface area contributed by atoms with E-state index in [1.54, 1.807) is 24.3 Å². The average Bonchev–Trinajstić information content (AvgIpc) is 3.09. The molecule has 3 rings (SSSR count). The van der Waals surface area contributed by atoms with Crippen molar-refractivity contribution >= 4 is 36.8 Å². The molecule has 152 valence electrons. The van der Waals surface area contributed by atoms with Crippen molar-refractivity contribution in [3.8, 4) is 17.2 Å². The normalized spacial score (nSPS) is 17.8. The highest BCUT2D eigenvalue weighted by Gasteiger charge is 2.39. The van der Waals surface area contributed by atoms with E-state index >= 15 is 0 Å². The van der Waals surface area contributed by atoms with Crippen LogP contribution in [0.1, 0.15) is 6.42 Å². The summed E-state index contributed by atoms with van der Waals surface area (Å²) in [6.07, 6.45) is 0.452. The van der Waals surface area contributed by atoms with Gasteiger partial charge in [-0.05, 0) is 55.3 Å². The van der Waals surface area contributed by atoms with E-state index < -0.39 is 18.0 Å². The van der Waals surface area contributed by atoms with Gasteiger partial charge in [0.1, 0.15) is 23.3 Å². The Morgan fingerprint density at radius 1 is 0.964 bits per heavy atom. The van der Waals surface area contributed by atoms with E-state index in [0.29, 0.717) is 36.8 Å². The summed E-state index contributed by atoms with van der Waals surface area (Å²) in [5.41, 5.74) is 11.0. The first kappa shape index (κ1) is 23.6. The van der Waals surface area contributed by atoms with Gasteiger partial charge in [-0.15, -0.1) is 24.8 Å². The van der Waals surface area contributed by atoms with Crippen molar-refractivity contribution in [3.05, 3.63) is 54.6 Å². The van der Waals surface area contributed by atoms with Gasteiger partial charge in [-0.1, -0.05) is 18.2 Å². The lowest BCUT2D eigenvalue weighted by atomic mass is 10.1. The molecule has 0 bridgehead atoms. The molecule has 9 heteroatoms. The smallest absolute Gasteiger partial charge is 0.334 e. The van der Waals surface area contributed by atoms with Gasteiger partial charge in [-0.25, -0.2) is 9.59 Å². The van der Waals surface area contributed by atoms with Crippen LogP contribution in [0.2, 0.25) is 0 Å². The number of halogens is 2. The molecule has 2 aromatic rings. The predicted octanol–water partition coefficient (Wildman–Crippen LogP) is 2.96. The third-order valence-electron chi connectivity index (χ3n) is 4.30. The number of primary amides is 1. The molecule has 2 aromatic carbocycles. The van der Waals surface area contributed by atoms with Gasteiger partial charge in [0.05, 0.1) is 0 Å². The van der Waals surface area contributed by atoms with Crippen LogP contribution < -0.4 is 20.9 Å². The Morgan fingerprint density at radius 2 is 1.54 bits per heavy atom. The molecule has 0 saturated carbocycles. The molecule has 0 radical (unpaired) electrons. The largest absolute Gasteiger partial charge is 0.457 e. The molecule has 0 spiro atoms. The SMILES string of the molecule is Cl.Cl.NCC1C[C@@H](C(=O)Oc2ccc(Oc3ccccc3)cc2)N(C(N)=O)C1. The zero-order chi connectivity index (χ0) is 18.5. The minimum atomic E-state index is -0.707. The highest BCUT2D eigenvalue weighted by Crippen LogP contribution is 2.26. The summed E-state index contributed by atoms with van der Waals surface area (Å²) in [4.78, 5) is 25.3. The zero-order valence-corrected chi connectivity index (χ0v) is 16.7. The van der Waals surface area contributed by atoms with Gasteiger partial charge in [-0.2, -0.15) is 0 Å². The first-order valence-electron chi connectivity index (χ1n) is 8.37. The maximum absolute atomic E-state index is 12.4. The molecule has 1 fully saturated rings. The summed E-state index contributed by atoms with van der Waals surface area (Å²) in [6, 6.07) is 14.7. The van der Waals surface area contributed by atoms with Crippen molar-refractivity contribution < 1.29 is 19.1 Å². The van der Waals surface area contributed by atoms with Gasteiger partial charge < -0.3 is 25.8 Å². The third-order valence-corrected chi connectivity index (χ3v) is 4.30. The fraction of sp³-hybridized carbons (Fsp3) is 0.263. The number of nitrogens with zero attached hydrogens (tertiary/aromatic N) is 1. The van der Waals surface area contributed by atoms with Gasteiger partial charge >= 0.3 is 12.0 Å². The maximum Gasteiger partial charge on any atom is 0.334 e. The van der Waals surface area contributed by atoms with E-state index in [4.69, 9.17) is 20.9 Å². The highest BCUT2D eigenvalue weighted by atomic mass is 35.5. The molecule has 2 amide bonds. The monoisotopic (exact) mass is 427 g/mol. The van der Waals surface area contributed by atoms with Crippen LogP contribution >= 0.6 is 24.8 Å². The fourth-order valence-electron chi connectivity index (χ4n) is 2.95. The molecule has 0 aliphatic carbocycles. The Morgan fingerprint density at radius 3 is 2.11 bits per heavy atom. The Balaban J connectivity index is 0.00000196. The van der Waals surface area contributed by atoms with E-state index in [0.717, 1.165) is 0 Å². The number of hydrogen-bond donors (Lipinski definition) is 2. The van der Waals surface area contributed by atoms with Crippen LogP contribution in [-0.4, -0.2) is 36.0 Å². The van der Waals surface area contributed by atoms with Crippen molar-refractivity contribution in [2.45, 2.75) is 12.5 Å². The fourth-order valence-corrected chi connectivity index (χ4v) is 2.95. The van der Waals surface area contributed by atoms with Gasteiger partial charge in [-0.3, -0.25) is 0 Å². The molecule has 1 heterocycles. The van der Waals surface area contributed by atoms with Crippen LogP contribution in [0.25, 0.3) is 0 Å². The van der Waals surface area contributed by atoms with E-state index in [1.807, 2.05) is 30.3 Å². The van der Waals surface area contributed by atoms with Crippen LogP contribution in [0.5, 0.6) is 17.2 Å². The zero-order valence-electron chi connectivity index (χ0n) is 15.0. The third kappa shape index (κ3) is 5.76. The molecule has 0 aromatic heterocycles. The van der Waals surface area contributed by atoms with E-state index in [2.05, 4.69) is 0 Å². The Hall–Kier alpha value is -2.48. The summed E-state index contributed by atoms with van der Waals surface area (Å²) in [6.45, 7) is 0.758. The second-order valence-electron chi connectivity index (χ2n) is 6.15.